The van der Waals surface area contributed by atoms with Gasteiger partial charge in [0.15, 0.2) is 0 Å². The molecule has 2 atom stereocenters. The number of urea groups is 1. The first-order valence-electron chi connectivity index (χ1n) is 13.1. The molecule has 0 saturated carbocycles. The first kappa shape index (κ1) is 23.8. The lowest BCUT2D eigenvalue weighted by molar-refractivity contribution is -0.00975. The molecule has 3 aromatic rings. The van der Waals surface area contributed by atoms with E-state index < -0.39 is 6.09 Å². The molecule has 0 radical (unpaired) electrons. The highest BCUT2D eigenvalue weighted by Crippen LogP contribution is 2.40. The highest BCUT2D eigenvalue weighted by molar-refractivity contribution is 5.85. The summed E-state index contributed by atoms with van der Waals surface area (Å²) in [6.45, 7) is 7.47. The van der Waals surface area contributed by atoms with Crippen LogP contribution >= 0.6 is 0 Å². The Morgan fingerprint density at radius 1 is 1.14 bits per heavy atom. The van der Waals surface area contributed by atoms with Crippen LogP contribution in [0.5, 0.6) is 0 Å². The zero-order valence-corrected chi connectivity index (χ0v) is 21.4. The van der Waals surface area contributed by atoms with E-state index >= 15 is 0 Å². The van der Waals surface area contributed by atoms with Crippen LogP contribution < -0.4 is 0 Å². The molecule has 2 saturated heterocycles. The summed E-state index contributed by atoms with van der Waals surface area (Å²) >= 11 is 0. The summed E-state index contributed by atoms with van der Waals surface area (Å²) in [5.74, 6) is 0. The number of nitrogens with one attached hydrogen (secondary N) is 1. The number of aryl methyl sites for hydroxylation is 1. The molecule has 0 unspecified atom stereocenters. The van der Waals surface area contributed by atoms with E-state index in [0.717, 1.165) is 58.1 Å². The molecule has 3 amide bonds. The summed E-state index contributed by atoms with van der Waals surface area (Å²) in [5, 5.41) is 11.0. The lowest BCUT2D eigenvalue weighted by atomic mass is 9.87. The lowest BCUT2D eigenvalue weighted by Gasteiger charge is -2.38. The molecule has 0 aliphatic carbocycles. The van der Waals surface area contributed by atoms with Gasteiger partial charge in [0.1, 0.15) is 5.65 Å². The summed E-state index contributed by atoms with van der Waals surface area (Å²) in [6.07, 6.45) is 5.34. The first-order valence-corrected chi connectivity index (χ1v) is 13.1. The Kier molecular flexibility index (Phi) is 6.03. The van der Waals surface area contributed by atoms with Gasteiger partial charge in [0.2, 0.25) is 0 Å². The number of H-pyrrole nitrogens is 1. The van der Waals surface area contributed by atoms with E-state index in [4.69, 9.17) is 4.74 Å². The van der Waals surface area contributed by atoms with Crippen molar-refractivity contribution in [2.45, 2.75) is 51.8 Å². The second-order valence-corrected chi connectivity index (χ2v) is 10.5. The minimum Gasteiger partial charge on any atom is -0.465 e. The number of aromatic amines is 1. The number of aromatic nitrogens is 2. The summed E-state index contributed by atoms with van der Waals surface area (Å²) < 4.78 is 5.63. The molecule has 9 heteroatoms. The number of benzene rings is 1. The zero-order chi connectivity index (χ0) is 25.7. The Labute approximate surface area is 216 Å². The number of hydrogen-bond donors (Lipinski definition) is 2. The van der Waals surface area contributed by atoms with Crippen molar-refractivity contribution in [1.29, 1.82) is 0 Å². The predicted octanol–water partition coefficient (Wildman–Crippen LogP) is 4.55. The van der Waals surface area contributed by atoms with Crippen molar-refractivity contribution in [3.05, 3.63) is 52.8 Å². The first-order chi connectivity index (χ1) is 17.9. The molecule has 194 valence electrons. The maximum absolute atomic E-state index is 13.4. The standard InChI is InChI=1S/C28H33N5O4/c1-17-13-29-26-22(17)12-21(14-30-26)20-10-19-5-7-31(27(34)32-8-9-37-18(2)15-32)16-24(19)23(11-20)25-4-3-6-33(25)28(35)36/h10-14,18,25H,3-9,15-16H2,1-2H3,(H,29,30)(H,35,36)/t18-,25+/m1/s1. The third kappa shape index (κ3) is 4.31. The molecule has 37 heavy (non-hydrogen) atoms. The molecular weight excluding hydrogens is 470 g/mol. The van der Waals surface area contributed by atoms with Gasteiger partial charge in [-0.15, -0.1) is 0 Å². The molecular formula is C28H33N5O4. The number of fused-ring (bicyclic) bond motifs is 2. The molecule has 2 N–H and O–H groups in total. The SMILES string of the molecule is Cc1c[nH]c2ncc(-c3cc4c(c([C@@H]5CCCN5C(=O)O)c3)CN(C(=O)N3CCO[C@H](C)C3)CC4)cc12. The Balaban J connectivity index is 1.40. The maximum atomic E-state index is 13.4. The molecule has 3 aliphatic heterocycles. The van der Waals surface area contributed by atoms with Crippen LogP contribution in [0.3, 0.4) is 0 Å². The average Bonchev–Trinajstić information content (AvgIpc) is 3.54. The second kappa shape index (κ2) is 9.37. The van der Waals surface area contributed by atoms with Gasteiger partial charge in [0, 0.05) is 56.1 Å². The fourth-order valence-corrected chi connectivity index (χ4v) is 6.13. The van der Waals surface area contributed by atoms with Crippen LogP contribution in [-0.2, 0) is 17.7 Å². The van der Waals surface area contributed by atoms with Crippen LogP contribution in [0.2, 0.25) is 0 Å². The Hall–Kier alpha value is -3.59. The van der Waals surface area contributed by atoms with E-state index in [0.29, 0.717) is 39.3 Å². The number of likely N-dealkylation sites (tertiary alicyclic amines) is 1. The van der Waals surface area contributed by atoms with Crippen molar-refractivity contribution in [3.8, 4) is 11.1 Å². The van der Waals surface area contributed by atoms with Gasteiger partial charge in [0.05, 0.1) is 18.8 Å². The summed E-state index contributed by atoms with van der Waals surface area (Å²) in [6, 6.07) is 6.33. The average molecular weight is 504 g/mol. The number of amides is 3. The van der Waals surface area contributed by atoms with Crippen molar-refractivity contribution in [2.24, 2.45) is 0 Å². The van der Waals surface area contributed by atoms with E-state index in [1.165, 1.54) is 5.56 Å². The monoisotopic (exact) mass is 503 g/mol. The fraction of sp³-hybridized carbons (Fsp3) is 0.464. The molecule has 9 nitrogen and oxygen atoms in total. The van der Waals surface area contributed by atoms with Gasteiger partial charge in [-0.1, -0.05) is 6.07 Å². The summed E-state index contributed by atoms with van der Waals surface area (Å²) in [7, 11) is 0. The van der Waals surface area contributed by atoms with Crippen LogP contribution in [-0.4, -0.2) is 80.8 Å². The minimum absolute atomic E-state index is 0.0325. The van der Waals surface area contributed by atoms with Gasteiger partial charge >= 0.3 is 12.1 Å². The van der Waals surface area contributed by atoms with Gasteiger partial charge in [-0.2, -0.15) is 0 Å². The maximum Gasteiger partial charge on any atom is 0.407 e. The van der Waals surface area contributed by atoms with Crippen molar-refractivity contribution in [2.75, 3.05) is 32.8 Å². The smallest absolute Gasteiger partial charge is 0.407 e. The van der Waals surface area contributed by atoms with Crippen LogP contribution in [0.15, 0.2) is 30.6 Å². The molecule has 1 aromatic carbocycles. The zero-order valence-electron chi connectivity index (χ0n) is 21.4. The number of ether oxygens (including phenoxy) is 1. The van der Waals surface area contributed by atoms with Gasteiger partial charge in [-0.05, 0) is 73.1 Å². The van der Waals surface area contributed by atoms with Crippen LogP contribution in [0.1, 0.15) is 48.1 Å². The molecule has 0 spiro atoms. The van der Waals surface area contributed by atoms with Gasteiger partial charge in [-0.25, -0.2) is 14.6 Å². The number of carbonyl (C=O) groups is 2. The third-order valence-electron chi connectivity index (χ3n) is 8.09. The van der Waals surface area contributed by atoms with E-state index in [1.54, 1.807) is 4.90 Å². The predicted molar refractivity (Wildman–Crippen MR) is 139 cm³/mol. The Morgan fingerprint density at radius 2 is 2.00 bits per heavy atom. The van der Waals surface area contributed by atoms with Gasteiger partial charge in [-0.3, -0.25) is 0 Å². The van der Waals surface area contributed by atoms with Crippen LogP contribution in [0, 0.1) is 6.92 Å². The summed E-state index contributed by atoms with van der Waals surface area (Å²) in [4.78, 5) is 38.7. The van der Waals surface area contributed by atoms with Crippen molar-refractivity contribution < 1.29 is 19.4 Å². The number of hydrogen-bond acceptors (Lipinski definition) is 4. The van der Waals surface area contributed by atoms with Crippen LogP contribution in [0.25, 0.3) is 22.2 Å². The minimum atomic E-state index is -0.890. The quantitative estimate of drug-likeness (QED) is 0.534. The highest BCUT2D eigenvalue weighted by Gasteiger charge is 2.35. The van der Waals surface area contributed by atoms with E-state index in [2.05, 4.69) is 35.1 Å². The lowest BCUT2D eigenvalue weighted by Crippen LogP contribution is -2.51. The molecule has 6 rings (SSSR count). The number of rotatable bonds is 2. The number of carbonyl (C=O) groups excluding carboxylic acids is 1. The fourth-order valence-electron chi connectivity index (χ4n) is 6.13. The Morgan fingerprint density at radius 3 is 2.81 bits per heavy atom. The second-order valence-electron chi connectivity index (χ2n) is 10.5. The van der Waals surface area contributed by atoms with E-state index in [9.17, 15) is 14.7 Å². The molecule has 2 aromatic heterocycles. The summed E-state index contributed by atoms with van der Waals surface area (Å²) in [5.41, 5.74) is 7.36. The van der Waals surface area contributed by atoms with Gasteiger partial charge in [0.25, 0.3) is 0 Å². The number of carboxylic acid groups (broad SMARTS) is 1. The number of morpholine rings is 1. The Bertz CT molecular complexity index is 1370. The third-order valence-corrected chi connectivity index (χ3v) is 8.09. The van der Waals surface area contributed by atoms with Gasteiger partial charge < -0.3 is 29.5 Å². The topological polar surface area (TPSA) is 102 Å². The molecule has 5 heterocycles. The molecule has 3 aliphatic rings. The number of pyridine rings is 1. The molecule has 0 bridgehead atoms. The van der Waals surface area contributed by atoms with Crippen molar-refractivity contribution >= 4 is 23.2 Å². The largest absolute Gasteiger partial charge is 0.465 e. The van der Waals surface area contributed by atoms with E-state index in [-0.39, 0.29) is 18.2 Å². The van der Waals surface area contributed by atoms with Crippen molar-refractivity contribution in [1.82, 2.24) is 24.7 Å². The molecule has 2 fully saturated rings. The normalized spacial score (nSPS) is 21.9. The van der Waals surface area contributed by atoms with E-state index in [1.807, 2.05) is 29.1 Å². The number of nitrogens with zero attached hydrogens (tertiary/aromatic N) is 4. The highest BCUT2D eigenvalue weighted by atomic mass is 16.5. The van der Waals surface area contributed by atoms with Crippen molar-refractivity contribution in [3.63, 3.8) is 0 Å². The van der Waals surface area contributed by atoms with Crippen LogP contribution in [0.4, 0.5) is 9.59 Å².